The number of fused-ring (bicyclic) bond motifs is 5. The Kier molecular flexibility index (Phi) is 8.67. The molecule has 4 saturated carbocycles. The summed E-state index contributed by atoms with van der Waals surface area (Å²) in [5.74, 6) is 2.78. The summed E-state index contributed by atoms with van der Waals surface area (Å²) in [5.41, 5.74) is 0.261. The molecule has 5 rings (SSSR count). The molecule has 1 N–H and O–H groups in total. The monoisotopic (exact) mass is 576 g/mol. The minimum atomic E-state index is -4.57. The molecule has 0 heterocycles. The van der Waals surface area contributed by atoms with Crippen molar-refractivity contribution in [2.24, 2.45) is 46.3 Å². The number of esters is 1. The zero-order valence-electron chi connectivity index (χ0n) is 25.5. The van der Waals surface area contributed by atoms with Crippen molar-refractivity contribution in [3.8, 4) is 0 Å². The normalized spacial score (nSPS) is 40.1. The highest BCUT2D eigenvalue weighted by atomic mass is 19.4. The summed E-state index contributed by atoms with van der Waals surface area (Å²) >= 11 is 0. The van der Waals surface area contributed by atoms with Crippen LogP contribution in [0.2, 0.25) is 0 Å². The molecule has 0 amide bonds. The van der Waals surface area contributed by atoms with Gasteiger partial charge in [-0.1, -0.05) is 52.3 Å². The summed E-state index contributed by atoms with van der Waals surface area (Å²) in [5, 5.41) is 11.1. The number of carbonyl (C=O) groups is 1. The van der Waals surface area contributed by atoms with Crippen molar-refractivity contribution in [3.05, 3.63) is 35.9 Å². The van der Waals surface area contributed by atoms with Crippen LogP contribution in [0.15, 0.2) is 30.3 Å². The van der Waals surface area contributed by atoms with E-state index in [0.717, 1.165) is 43.9 Å². The van der Waals surface area contributed by atoms with E-state index in [9.17, 15) is 23.1 Å². The summed E-state index contributed by atoms with van der Waals surface area (Å²) in [6.07, 6.45) is 5.58. The van der Waals surface area contributed by atoms with Gasteiger partial charge in [0.1, 0.15) is 0 Å². The molecule has 0 saturated heterocycles. The van der Waals surface area contributed by atoms with Crippen LogP contribution in [-0.2, 0) is 4.74 Å². The maximum atomic E-state index is 13.8. The van der Waals surface area contributed by atoms with Gasteiger partial charge in [-0.15, -0.1) is 0 Å². The number of carbonyl (C=O) groups excluding carboxylic acids is 1. The predicted octanol–water partition coefficient (Wildman–Crippen LogP) is 9.38. The van der Waals surface area contributed by atoms with Crippen LogP contribution in [0.25, 0.3) is 0 Å². The molecule has 4 fully saturated rings. The number of halogens is 3. The third kappa shape index (κ3) is 5.85. The number of hydrogen-bond acceptors (Lipinski definition) is 3. The minimum absolute atomic E-state index is 0.146. The quantitative estimate of drug-likeness (QED) is 0.314. The number of hydrogen-bond donors (Lipinski definition) is 1. The molecule has 1 aromatic rings. The van der Waals surface area contributed by atoms with Crippen LogP contribution in [0.3, 0.4) is 0 Å². The van der Waals surface area contributed by atoms with Gasteiger partial charge < -0.3 is 9.84 Å². The van der Waals surface area contributed by atoms with E-state index in [-0.39, 0.29) is 17.4 Å². The number of ether oxygens (including phenoxy) is 1. The van der Waals surface area contributed by atoms with Crippen LogP contribution in [0.1, 0.15) is 122 Å². The van der Waals surface area contributed by atoms with Crippen LogP contribution in [0.4, 0.5) is 13.2 Å². The molecular weight excluding hydrogens is 525 g/mol. The molecule has 0 spiro atoms. The lowest BCUT2D eigenvalue weighted by Crippen LogP contribution is -2.56. The molecule has 4 aliphatic rings. The zero-order chi connectivity index (χ0) is 29.6. The lowest BCUT2D eigenvalue weighted by atomic mass is 9.43. The number of benzene rings is 1. The van der Waals surface area contributed by atoms with Gasteiger partial charge in [-0.3, -0.25) is 0 Å². The Morgan fingerprint density at radius 2 is 1.68 bits per heavy atom. The fourth-order valence-corrected chi connectivity index (χ4v) is 10.5. The van der Waals surface area contributed by atoms with Crippen molar-refractivity contribution in [1.29, 1.82) is 0 Å². The number of aliphatic hydroxyl groups is 1. The van der Waals surface area contributed by atoms with Gasteiger partial charge in [0, 0.05) is 0 Å². The molecule has 41 heavy (non-hydrogen) atoms. The van der Waals surface area contributed by atoms with Crippen molar-refractivity contribution in [3.63, 3.8) is 0 Å². The van der Waals surface area contributed by atoms with E-state index in [2.05, 4.69) is 27.7 Å². The molecule has 6 heteroatoms. The summed E-state index contributed by atoms with van der Waals surface area (Å²) < 4.78 is 46.3. The van der Waals surface area contributed by atoms with Crippen LogP contribution >= 0.6 is 0 Å². The molecule has 3 nitrogen and oxygen atoms in total. The molecule has 0 bridgehead atoms. The Balaban J connectivity index is 1.19. The Morgan fingerprint density at radius 1 is 0.976 bits per heavy atom. The third-order valence-corrected chi connectivity index (χ3v) is 13.0. The third-order valence-electron chi connectivity index (χ3n) is 13.0. The van der Waals surface area contributed by atoms with E-state index in [1.807, 2.05) is 0 Å². The average molecular weight is 577 g/mol. The van der Waals surface area contributed by atoms with E-state index < -0.39 is 23.9 Å². The van der Waals surface area contributed by atoms with Crippen LogP contribution in [-0.4, -0.2) is 29.0 Å². The summed E-state index contributed by atoms with van der Waals surface area (Å²) in [6.45, 7) is 9.39. The van der Waals surface area contributed by atoms with E-state index in [0.29, 0.717) is 35.5 Å². The highest BCUT2D eigenvalue weighted by Gasteiger charge is 2.61. The highest BCUT2D eigenvalue weighted by molar-refractivity contribution is 5.89. The summed E-state index contributed by atoms with van der Waals surface area (Å²) in [6, 6.07) is 7.92. The van der Waals surface area contributed by atoms with Gasteiger partial charge in [-0.05, 0) is 136 Å². The topological polar surface area (TPSA) is 46.5 Å². The van der Waals surface area contributed by atoms with E-state index >= 15 is 0 Å². The van der Waals surface area contributed by atoms with Crippen molar-refractivity contribution < 1.29 is 27.8 Å². The van der Waals surface area contributed by atoms with Crippen LogP contribution < -0.4 is 0 Å². The zero-order valence-corrected chi connectivity index (χ0v) is 25.5. The largest absolute Gasteiger partial charge is 0.449 e. The highest BCUT2D eigenvalue weighted by Crippen LogP contribution is 2.69. The lowest BCUT2D eigenvalue weighted by molar-refractivity contribution is -0.206. The van der Waals surface area contributed by atoms with Gasteiger partial charge in [0.25, 0.3) is 0 Å². The van der Waals surface area contributed by atoms with Gasteiger partial charge in [-0.25, -0.2) is 4.79 Å². The second kappa shape index (κ2) is 11.5. The van der Waals surface area contributed by atoms with Gasteiger partial charge in [-0.2, -0.15) is 13.2 Å². The number of alkyl halides is 3. The first-order valence-electron chi connectivity index (χ1n) is 16.4. The first-order valence-corrected chi connectivity index (χ1v) is 16.4. The summed E-state index contributed by atoms with van der Waals surface area (Å²) in [7, 11) is 0. The molecule has 0 radical (unpaired) electrons. The average Bonchev–Trinajstić information content (AvgIpc) is 3.30. The van der Waals surface area contributed by atoms with E-state index in [4.69, 9.17) is 4.74 Å². The molecular formula is C35H51F3O3. The van der Waals surface area contributed by atoms with Gasteiger partial charge in [0.05, 0.1) is 11.2 Å². The first kappa shape index (κ1) is 30.9. The predicted molar refractivity (Wildman–Crippen MR) is 155 cm³/mol. The molecule has 1 aromatic carbocycles. The maximum Gasteiger partial charge on any atom is 0.425 e. The van der Waals surface area contributed by atoms with Crippen molar-refractivity contribution in [1.82, 2.24) is 0 Å². The summed E-state index contributed by atoms with van der Waals surface area (Å²) in [4.78, 5) is 12.3. The second-order valence-electron chi connectivity index (χ2n) is 14.9. The van der Waals surface area contributed by atoms with Crippen molar-refractivity contribution in [2.75, 3.05) is 0 Å². The lowest BCUT2D eigenvalue weighted by Gasteiger charge is -2.62. The fourth-order valence-electron chi connectivity index (χ4n) is 10.5. The van der Waals surface area contributed by atoms with E-state index in [1.165, 1.54) is 50.7 Å². The Labute approximate surface area is 245 Å². The SMILES string of the molecule is CC[C@]1(O)CC[C@@]2(C)[C@@H](CC[C@@H]3[C@@H]2CC[C@]2(C)[C@@H]([C@H](C)CCCC(OC(=O)c4ccccc4)C(F)(F)F)CC[C@@H]32)C1. The van der Waals surface area contributed by atoms with Gasteiger partial charge >= 0.3 is 12.1 Å². The maximum absolute atomic E-state index is 13.8. The van der Waals surface area contributed by atoms with Crippen LogP contribution in [0, 0.1) is 46.3 Å². The Bertz CT molecular complexity index is 1060. The van der Waals surface area contributed by atoms with Crippen molar-refractivity contribution in [2.45, 2.75) is 129 Å². The molecule has 1 unspecified atom stereocenters. The Morgan fingerprint density at radius 3 is 2.37 bits per heavy atom. The molecule has 0 aromatic heterocycles. The second-order valence-corrected chi connectivity index (χ2v) is 14.9. The van der Waals surface area contributed by atoms with Gasteiger partial charge in [0.15, 0.2) is 6.10 Å². The standard InChI is InChI=1S/C35H51F3O3/c1-5-34(40)21-20-32(3)25(22-34)14-15-26-28-17-16-27(33(28,4)19-18-29(26)32)23(2)10-9-13-30(35(36,37)38)41-31(39)24-11-7-6-8-12-24/h6-8,11-12,23,25-30,40H,5,9-10,13-22H2,1-4H3/t23-,25+,26+,27-,28+,29+,30?,32+,33-,34+/m1/s1. The fraction of sp³-hybridized carbons (Fsp3) is 0.800. The molecule has 10 atom stereocenters. The Hall–Kier alpha value is -1.56. The molecule has 230 valence electrons. The smallest absolute Gasteiger partial charge is 0.425 e. The first-order chi connectivity index (χ1) is 19.3. The van der Waals surface area contributed by atoms with Crippen molar-refractivity contribution >= 4 is 5.97 Å². The van der Waals surface area contributed by atoms with E-state index in [1.54, 1.807) is 18.2 Å². The van der Waals surface area contributed by atoms with Crippen LogP contribution in [0.5, 0.6) is 0 Å². The number of rotatable bonds is 8. The van der Waals surface area contributed by atoms with Gasteiger partial charge in [0.2, 0.25) is 0 Å². The molecule has 0 aliphatic heterocycles. The minimum Gasteiger partial charge on any atom is -0.449 e. The molecule has 4 aliphatic carbocycles.